The highest BCUT2D eigenvalue weighted by Gasteiger charge is 2.16. The van der Waals surface area contributed by atoms with Crippen LogP contribution in [0.15, 0.2) is 108 Å². The van der Waals surface area contributed by atoms with Crippen molar-refractivity contribution in [3.8, 4) is 22.9 Å². The molecule has 0 unspecified atom stereocenters. The van der Waals surface area contributed by atoms with Crippen molar-refractivity contribution < 1.29 is 14.3 Å². The second-order valence-electron chi connectivity index (χ2n) is 8.96. The minimum Gasteiger partial charge on any atom is -0.497 e. The van der Waals surface area contributed by atoms with Gasteiger partial charge < -0.3 is 20.1 Å². The second kappa shape index (κ2) is 12.0. The first-order chi connectivity index (χ1) is 19.5. The summed E-state index contributed by atoms with van der Waals surface area (Å²) in [5, 5.41) is 10.4. The zero-order valence-electron chi connectivity index (χ0n) is 22.0. The van der Waals surface area contributed by atoms with E-state index in [1.807, 2.05) is 43.3 Å². The summed E-state index contributed by atoms with van der Waals surface area (Å²) in [5.41, 5.74) is 3.28. The lowest BCUT2D eigenvalue weighted by atomic mass is 10.1. The highest BCUT2D eigenvalue weighted by molar-refractivity contribution is 5.95. The number of ether oxygens (including phenoxy) is 2. The molecule has 0 aliphatic carbocycles. The van der Waals surface area contributed by atoms with Gasteiger partial charge in [-0.3, -0.25) is 14.6 Å². The third-order valence-electron chi connectivity index (χ3n) is 6.08. The Labute approximate surface area is 231 Å². The molecule has 200 valence electrons. The van der Waals surface area contributed by atoms with E-state index in [4.69, 9.17) is 9.47 Å². The lowest BCUT2D eigenvalue weighted by molar-refractivity contribution is 0.0951. The van der Waals surface area contributed by atoms with Gasteiger partial charge in [0, 0.05) is 30.2 Å². The number of hydrogen-bond acceptors (Lipinski definition) is 7. The smallest absolute Gasteiger partial charge is 0.299 e. The van der Waals surface area contributed by atoms with E-state index < -0.39 is 5.56 Å². The first-order valence-electron chi connectivity index (χ1n) is 12.6. The van der Waals surface area contributed by atoms with Crippen LogP contribution in [0.2, 0.25) is 0 Å². The summed E-state index contributed by atoms with van der Waals surface area (Å²) in [4.78, 5) is 30.6. The van der Waals surface area contributed by atoms with Gasteiger partial charge in [-0.2, -0.15) is 9.78 Å². The summed E-state index contributed by atoms with van der Waals surface area (Å²) in [7, 11) is 1.58. The lowest BCUT2D eigenvalue weighted by Crippen LogP contribution is -2.24. The van der Waals surface area contributed by atoms with Crippen molar-refractivity contribution in [1.29, 1.82) is 0 Å². The second-order valence-corrected chi connectivity index (χ2v) is 8.96. The minimum atomic E-state index is -0.415. The van der Waals surface area contributed by atoms with Gasteiger partial charge in [0.05, 0.1) is 19.0 Å². The Balaban J connectivity index is 1.46. The number of carbonyl (C=O) groups is 1. The van der Waals surface area contributed by atoms with Gasteiger partial charge in [-0.05, 0) is 73.2 Å². The number of nitrogens with one attached hydrogen (secondary N) is 2. The zero-order chi connectivity index (χ0) is 27.9. The van der Waals surface area contributed by atoms with E-state index in [2.05, 4.69) is 20.7 Å². The van der Waals surface area contributed by atoms with Crippen LogP contribution in [0.1, 0.15) is 21.5 Å². The Bertz CT molecular complexity index is 1670. The van der Waals surface area contributed by atoms with Gasteiger partial charge in [-0.15, -0.1) is 0 Å². The van der Waals surface area contributed by atoms with Crippen LogP contribution in [0.5, 0.6) is 17.2 Å². The molecule has 0 saturated carbocycles. The third kappa shape index (κ3) is 6.16. The lowest BCUT2D eigenvalue weighted by Gasteiger charge is -2.15. The molecule has 2 heterocycles. The first-order valence-corrected chi connectivity index (χ1v) is 12.6. The van der Waals surface area contributed by atoms with Crippen molar-refractivity contribution in [2.24, 2.45) is 0 Å². The van der Waals surface area contributed by atoms with Crippen LogP contribution in [0, 0.1) is 6.92 Å². The molecule has 0 fully saturated rings. The largest absolute Gasteiger partial charge is 0.497 e. The van der Waals surface area contributed by atoms with E-state index in [1.165, 1.54) is 10.9 Å². The van der Waals surface area contributed by atoms with Crippen LogP contribution in [0.3, 0.4) is 0 Å². The number of anilines is 2. The average molecular weight is 534 g/mol. The molecule has 5 rings (SSSR count). The molecular weight excluding hydrogens is 506 g/mol. The Morgan fingerprint density at radius 3 is 2.42 bits per heavy atom. The minimum absolute atomic E-state index is 0.166. The molecule has 0 spiro atoms. The van der Waals surface area contributed by atoms with Gasteiger partial charge in [0.1, 0.15) is 11.5 Å². The van der Waals surface area contributed by atoms with Crippen molar-refractivity contribution in [2.45, 2.75) is 13.5 Å². The molecule has 0 aliphatic rings. The summed E-state index contributed by atoms with van der Waals surface area (Å²) in [6, 6.07) is 25.1. The van der Waals surface area contributed by atoms with E-state index >= 15 is 0 Å². The molecular formula is C31H27N5O4. The van der Waals surface area contributed by atoms with Crippen LogP contribution in [0.4, 0.5) is 11.4 Å². The third-order valence-corrected chi connectivity index (χ3v) is 6.08. The SMILES string of the molecule is COc1ccc(Oc2cnn(-c3ccc(C)cc3)c(=O)c2Nc2cccc(C(=O)NCc3cccnc3)c2)cc1. The van der Waals surface area contributed by atoms with E-state index in [1.54, 1.807) is 68.0 Å². The van der Waals surface area contributed by atoms with Gasteiger partial charge in [0.2, 0.25) is 0 Å². The van der Waals surface area contributed by atoms with Crippen molar-refractivity contribution in [3.63, 3.8) is 0 Å². The van der Waals surface area contributed by atoms with E-state index in [-0.39, 0.29) is 17.3 Å². The zero-order valence-corrected chi connectivity index (χ0v) is 22.0. The maximum absolute atomic E-state index is 13.7. The van der Waals surface area contributed by atoms with Crippen molar-refractivity contribution in [2.75, 3.05) is 12.4 Å². The van der Waals surface area contributed by atoms with E-state index in [0.717, 1.165) is 11.1 Å². The molecule has 2 N–H and O–H groups in total. The number of hydrogen-bond donors (Lipinski definition) is 2. The summed E-state index contributed by atoms with van der Waals surface area (Å²) in [6.07, 6.45) is 4.86. The van der Waals surface area contributed by atoms with Crippen LogP contribution < -0.4 is 25.7 Å². The fraction of sp³-hybridized carbons (Fsp3) is 0.0968. The van der Waals surface area contributed by atoms with Crippen molar-refractivity contribution >= 4 is 17.3 Å². The monoisotopic (exact) mass is 533 g/mol. The fourth-order valence-electron chi connectivity index (χ4n) is 3.94. The van der Waals surface area contributed by atoms with Gasteiger partial charge >= 0.3 is 0 Å². The molecule has 9 nitrogen and oxygen atoms in total. The summed E-state index contributed by atoms with van der Waals surface area (Å²) in [5.74, 6) is 1.15. The van der Waals surface area contributed by atoms with Gasteiger partial charge in [-0.25, -0.2) is 0 Å². The molecule has 5 aromatic rings. The Kier molecular flexibility index (Phi) is 7.82. The Hall–Kier alpha value is -5.44. The number of carbonyl (C=O) groups excluding carboxylic acids is 1. The van der Waals surface area contributed by atoms with Crippen LogP contribution >= 0.6 is 0 Å². The van der Waals surface area contributed by atoms with Gasteiger partial charge in [0.25, 0.3) is 11.5 Å². The molecule has 0 bridgehead atoms. The summed E-state index contributed by atoms with van der Waals surface area (Å²) in [6.45, 7) is 2.31. The Morgan fingerprint density at radius 1 is 0.925 bits per heavy atom. The van der Waals surface area contributed by atoms with Gasteiger partial charge in [0.15, 0.2) is 11.4 Å². The Morgan fingerprint density at radius 2 is 1.70 bits per heavy atom. The van der Waals surface area contributed by atoms with Crippen molar-refractivity contribution in [1.82, 2.24) is 20.1 Å². The number of rotatable bonds is 9. The average Bonchev–Trinajstić information content (AvgIpc) is 2.99. The topological polar surface area (TPSA) is 107 Å². The summed E-state index contributed by atoms with van der Waals surface area (Å²) >= 11 is 0. The number of amides is 1. The van der Waals surface area contributed by atoms with Gasteiger partial charge in [-0.1, -0.05) is 29.8 Å². The van der Waals surface area contributed by atoms with E-state index in [9.17, 15) is 9.59 Å². The first kappa shape index (κ1) is 26.2. The van der Waals surface area contributed by atoms with E-state index in [0.29, 0.717) is 35.0 Å². The molecule has 0 saturated heterocycles. The number of benzene rings is 3. The molecule has 0 radical (unpaired) electrons. The molecule has 0 atom stereocenters. The highest BCUT2D eigenvalue weighted by Crippen LogP contribution is 2.30. The molecule has 9 heteroatoms. The molecule has 2 aromatic heterocycles. The number of pyridine rings is 1. The number of nitrogens with zero attached hydrogens (tertiary/aromatic N) is 3. The quantitative estimate of drug-likeness (QED) is 0.261. The number of aryl methyl sites for hydroxylation is 1. The molecule has 0 aliphatic heterocycles. The fourth-order valence-corrected chi connectivity index (χ4v) is 3.94. The molecule has 3 aromatic carbocycles. The predicted octanol–water partition coefficient (Wildman–Crippen LogP) is 5.41. The maximum Gasteiger partial charge on any atom is 0.299 e. The normalized spacial score (nSPS) is 10.6. The summed E-state index contributed by atoms with van der Waals surface area (Å²) < 4.78 is 12.6. The highest BCUT2D eigenvalue weighted by atomic mass is 16.5. The standard InChI is InChI=1S/C31H27N5O4/c1-21-8-10-25(11-9-21)36-31(38)29(28(20-34-36)40-27-14-12-26(39-2)13-15-27)35-24-7-3-6-23(17-24)30(37)33-19-22-5-4-16-32-18-22/h3-18,20,35H,19H2,1-2H3,(H,33,37). The number of aromatic nitrogens is 3. The van der Waals surface area contributed by atoms with Crippen LogP contribution in [0.25, 0.3) is 5.69 Å². The number of methoxy groups -OCH3 is 1. The predicted molar refractivity (Wildman–Crippen MR) is 153 cm³/mol. The molecule has 40 heavy (non-hydrogen) atoms. The maximum atomic E-state index is 13.7. The van der Waals surface area contributed by atoms with Crippen LogP contribution in [-0.2, 0) is 6.54 Å². The van der Waals surface area contributed by atoms with Crippen molar-refractivity contribution in [3.05, 3.63) is 131 Å². The molecule has 1 amide bonds. The van der Waals surface area contributed by atoms with Crippen LogP contribution in [-0.4, -0.2) is 27.8 Å².